The molecule has 0 saturated carbocycles. The van der Waals surface area contributed by atoms with Gasteiger partial charge in [0, 0.05) is 30.5 Å². The van der Waals surface area contributed by atoms with E-state index in [0.29, 0.717) is 6.04 Å². The van der Waals surface area contributed by atoms with Crippen LogP contribution in [0.4, 0.5) is 0 Å². The predicted molar refractivity (Wildman–Crippen MR) is 69.4 cm³/mol. The summed E-state index contributed by atoms with van der Waals surface area (Å²) in [6.07, 6.45) is 5.20. The Morgan fingerprint density at radius 1 is 1.00 bits per heavy atom. The number of benzene rings is 1. The molecule has 1 heterocycles. The van der Waals surface area contributed by atoms with E-state index in [1.54, 1.807) is 6.33 Å². The molecule has 0 aliphatic carbocycles. The molecule has 0 saturated heterocycles. The van der Waals surface area contributed by atoms with Crippen LogP contribution in [0.2, 0.25) is 0 Å². The molecule has 88 valence electrons. The molecule has 0 fully saturated rings. The average molecular weight is 227 g/mol. The summed E-state index contributed by atoms with van der Waals surface area (Å²) in [5.41, 5.74) is 3.49. The van der Waals surface area contributed by atoms with Gasteiger partial charge in [0.05, 0.1) is 0 Å². The first-order valence-corrected chi connectivity index (χ1v) is 5.83. The van der Waals surface area contributed by atoms with Gasteiger partial charge in [-0.2, -0.15) is 0 Å². The van der Waals surface area contributed by atoms with E-state index in [-0.39, 0.29) is 0 Å². The van der Waals surface area contributed by atoms with Gasteiger partial charge in [-0.1, -0.05) is 38.1 Å². The lowest BCUT2D eigenvalue weighted by molar-refractivity contribution is 0.589. The maximum Gasteiger partial charge on any atom is 0.115 e. The molecule has 2 rings (SSSR count). The number of hydrogen-bond acceptors (Lipinski definition) is 3. The van der Waals surface area contributed by atoms with Gasteiger partial charge >= 0.3 is 0 Å². The Kier molecular flexibility index (Phi) is 3.83. The van der Waals surface area contributed by atoms with Crippen molar-refractivity contribution in [2.45, 2.75) is 26.4 Å². The summed E-state index contributed by atoms with van der Waals surface area (Å²) in [7, 11) is 0. The highest BCUT2D eigenvalue weighted by Crippen LogP contribution is 2.17. The lowest BCUT2D eigenvalue weighted by Gasteiger charge is -2.08. The average Bonchev–Trinajstić information content (AvgIpc) is 2.38. The van der Waals surface area contributed by atoms with Crippen LogP contribution in [0.25, 0.3) is 11.1 Å². The van der Waals surface area contributed by atoms with Crippen LogP contribution in [0.5, 0.6) is 0 Å². The van der Waals surface area contributed by atoms with Crippen LogP contribution < -0.4 is 5.32 Å². The first-order valence-electron chi connectivity index (χ1n) is 5.83. The van der Waals surface area contributed by atoms with Crippen molar-refractivity contribution in [1.29, 1.82) is 0 Å². The molecular formula is C14H17N3. The minimum atomic E-state index is 0.511. The standard InChI is InChI=1S/C14H17N3/c1-11(2)17-7-12-3-5-13(6-4-12)14-8-15-10-16-9-14/h3-6,8-11,17H,7H2,1-2H3. The molecule has 2 aromatic rings. The predicted octanol–water partition coefficient (Wildman–Crippen LogP) is 2.64. The van der Waals surface area contributed by atoms with E-state index in [4.69, 9.17) is 0 Å². The fourth-order valence-electron chi connectivity index (χ4n) is 1.59. The van der Waals surface area contributed by atoms with Gasteiger partial charge in [-0.05, 0) is 11.1 Å². The molecular weight excluding hydrogens is 210 g/mol. The largest absolute Gasteiger partial charge is 0.310 e. The van der Waals surface area contributed by atoms with Crippen LogP contribution in [-0.4, -0.2) is 16.0 Å². The molecule has 17 heavy (non-hydrogen) atoms. The van der Waals surface area contributed by atoms with E-state index < -0.39 is 0 Å². The normalized spacial score (nSPS) is 10.8. The van der Waals surface area contributed by atoms with Gasteiger partial charge in [0.1, 0.15) is 6.33 Å². The van der Waals surface area contributed by atoms with Crippen molar-refractivity contribution in [3.63, 3.8) is 0 Å². The van der Waals surface area contributed by atoms with Crippen molar-refractivity contribution in [2.75, 3.05) is 0 Å². The molecule has 0 atom stereocenters. The molecule has 0 unspecified atom stereocenters. The third-order valence-electron chi connectivity index (χ3n) is 2.56. The van der Waals surface area contributed by atoms with Gasteiger partial charge in [-0.3, -0.25) is 0 Å². The molecule has 1 aromatic carbocycles. The molecule has 1 N–H and O–H groups in total. The monoisotopic (exact) mass is 227 g/mol. The maximum absolute atomic E-state index is 4.02. The van der Waals surface area contributed by atoms with Gasteiger partial charge in [0.15, 0.2) is 0 Å². The highest BCUT2D eigenvalue weighted by atomic mass is 14.9. The van der Waals surface area contributed by atoms with Crippen molar-refractivity contribution in [3.8, 4) is 11.1 Å². The SMILES string of the molecule is CC(C)NCc1ccc(-c2cncnc2)cc1. The topological polar surface area (TPSA) is 37.8 Å². The van der Waals surface area contributed by atoms with Gasteiger partial charge in [0.25, 0.3) is 0 Å². The summed E-state index contributed by atoms with van der Waals surface area (Å²) in [4.78, 5) is 8.04. The molecule has 0 amide bonds. The van der Waals surface area contributed by atoms with Crippen LogP contribution in [0, 0.1) is 0 Å². The first-order chi connectivity index (χ1) is 8.25. The van der Waals surface area contributed by atoms with Crippen molar-refractivity contribution < 1.29 is 0 Å². The number of aromatic nitrogens is 2. The van der Waals surface area contributed by atoms with Crippen molar-refractivity contribution in [3.05, 3.63) is 48.5 Å². The third kappa shape index (κ3) is 3.36. The van der Waals surface area contributed by atoms with Gasteiger partial charge in [-0.25, -0.2) is 9.97 Å². The fourth-order valence-corrected chi connectivity index (χ4v) is 1.59. The molecule has 3 heteroatoms. The lowest BCUT2D eigenvalue weighted by atomic mass is 10.1. The Balaban J connectivity index is 2.08. The van der Waals surface area contributed by atoms with E-state index in [2.05, 4.69) is 53.4 Å². The summed E-state index contributed by atoms with van der Waals surface area (Å²) in [6.45, 7) is 5.20. The van der Waals surface area contributed by atoms with Crippen molar-refractivity contribution in [2.24, 2.45) is 0 Å². The van der Waals surface area contributed by atoms with Crippen LogP contribution >= 0.6 is 0 Å². The van der Waals surface area contributed by atoms with Crippen LogP contribution in [0.1, 0.15) is 19.4 Å². The zero-order valence-corrected chi connectivity index (χ0v) is 10.2. The Morgan fingerprint density at radius 3 is 2.24 bits per heavy atom. The highest BCUT2D eigenvalue weighted by molar-refractivity contribution is 5.61. The Bertz CT molecular complexity index is 449. The Labute approximate surface area is 102 Å². The van der Waals surface area contributed by atoms with E-state index in [0.717, 1.165) is 17.7 Å². The summed E-state index contributed by atoms with van der Waals surface area (Å²) >= 11 is 0. The number of nitrogens with zero attached hydrogens (tertiary/aromatic N) is 2. The summed E-state index contributed by atoms with van der Waals surface area (Å²) < 4.78 is 0. The molecule has 0 radical (unpaired) electrons. The summed E-state index contributed by atoms with van der Waals surface area (Å²) in [5.74, 6) is 0. The molecule has 0 aliphatic heterocycles. The Hall–Kier alpha value is -1.74. The second kappa shape index (κ2) is 5.55. The zero-order valence-electron chi connectivity index (χ0n) is 10.2. The highest BCUT2D eigenvalue weighted by Gasteiger charge is 1.99. The molecule has 0 bridgehead atoms. The minimum absolute atomic E-state index is 0.511. The molecule has 1 aromatic heterocycles. The third-order valence-corrected chi connectivity index (χ3v) is 2.56. The smallest absolute Gasteiger partial charge is 0.115 e. The lowest BCUT2D eigenvalue weighted by Crippen LogP contribution is -2.21. The minimum Gasteiger partial charge on any atom is -0.310 e. The number of hydrogen-bond donors (Lipinski definition) is 1. The second-order valence-electron chi connectivity index (χ2n) is 4.36. The summed E-state index contributed by atoms with van der Waals surface area (Å²) in [6, 6.07) is 9.00. The van der Waals surface area contributed by atoms with Gasteiger partial charge in [0.2, 0.25) is 0 Å². The molecule has 3 nitrogen and oxygen atoms in total. The van der Waals surface area contributed by atoms with E-state index >= 15 is 0 Å². The molecule has 0 aliphatic rings. The van der Waals surface area contributed by atoms with E-state index in [1.165, 1.54) is 5.56 Å². The van der Waals surface area contributed by atoms with Crippen molar-refractivity contribution >= 4 is 0 Å². The summed E-state index contributed by atoms with van der Waals surface area (Å²) in [5, 5.41) is 3.40. The second-order valence-corrected chi connectivity index (χ2v) is 4.36. The van der Waals surface area contributed by atoms with Crippen molar-refractivity contribution in [1.82, 2.24) is 15.3 Å². The van der Waals surface area contributed by atoms with Crippen LogP contribution in [0.3, 0.4) is 0 Å². The van der Waals surface area contributed by atoms with Gasteiger partial charge in [-0.15, -0.1) is 0 Å². The maximum atomic E-state index is 4.02. The number of rotatable bonds is 4. The van der Waals surface area contributed by atoms with Crippen LogP contribution in [0.15, 0.2) is 43.0 Å². The molecule has 0 spiro atoms. The van der Waals surface area contributed by atoms with Gasteiger partial charge < -0.3 is 5.32 Å². The quantitative estimate of drug-likeness (QED) is 0.872. The number of nitrogens with one attached hydrogen (secondary N) is 1. The van der Waals surface area contributed by atoms with Crippen LogP contribution in [-0.2, 0) is 6.54 Å². The zero-order chi connectivity index (χ0) is 12.1. The fraction of sp³-hybridized carbons (Fsp3) is 0.286. The van der Waals surface area contributed by atoms with E-state index in [9.17, 15) is 0 Å². The first kappa shape index (κ1) is 11.7. The Morgan fingerprint density at radius 2 is 1.65 bits per heavy atom. The van der Waals surface area contributed by atoms with E-state index in [1.807, 2.05) is 12.4 Å².